The highest BCUT2D eigenvalue weighted by atomic mass is 19.3. The Bertz CT molecular complexity index is 877. The van der Waals surface area contributed by atoms with Crippen molar-refractivity contribution >= 4 is 11.9 Å². The Morgan fingerprint density at radius 3 is 2.42 bits per heavy atom. The van der Waals surface area contributed by atoms with Crippen LogP contribution in [0, 0.1) is 0 Å². The van der Waals surface area contributed by atoms with E-state index in [1.807, 2.05) is 0 Å². The molecule has 0 fully saturated rings. The van der Waals surface area contributed by atoms with Crippen LogP contribution in [0.5, 0.6) is 17.2 Å². The Labute approximate surface area is 145 Å². The molecule has 8 heteroatoms. The number of alkyl halides is 4. The Balaban J connectivity index is 1.97. The molecule has 0 heterocycles. The van der Waals surface area contributed by atoms with Crippen LogP contribution in [0.4, 0.5) is 17.6 Å². The standard InChI is InChI=1S/C18H12F4O4/c19-17(20)25-11-5-4-9(15(8-11)26-18(21)22)6-10-7-13-12(16(10)24)2-1-3-14(13)23/h1-6,8,17-18,23H,7H2/b10-6-. The number of benzene rings is 2. The quantitative estimate of drug-likeness (QED) is 0.627. The maximum Gasteiger partial charge on any atom is 0.387 e. The fraction of sp³-hybridized carbons (Fsp3) is 0.167. The largest absolute Gasteiger partial charge is 0.508 e. The monoisotopic (exact) mass is 368 g/mol. The van der Waals surface area contributed by atoms with Crippen molar-refractivity contribution in [2.24, 2.45) is 0 Å². The molecule has 26 heavy (non-hydrogen) atoms. The summed E-state index contributed by atoms with van der Waals surface area (Å²) in [6, 6.07) is 7.80. The molecule has 136 valence electrons. The number of fused-ring (bicyclic) bond motifs is 1. The molecule has 4 nitrogen and oxygen atoms in total. The average molecular weight is 368 g/mol. The zero-order valence-electron chi connectivity index (χ0n) is 13.1. The number of ketones is 1. The van der Waals surface area contributed by atoms with Gasteiger partial charge in [0.2, 0.25) is 0 Å². The van der Waals surface area contributed by atoms with E-state index in [0.717, 1.165) is 12.1 Å². The summed E-state index contributed by atoms with van der Waals surface area (Å²) in [5, 5.41) is 9.84. The minimum absolute atomic E-state index is 0.0380. The molecule has 2 aromatic rings. The first kappa shape index (κ1) is 17.8. The number of allylic oxidation sites excluding steroid dienone is 1. The van der Waals surface area contributed by atoms with E-state index in [9.17, 15) is 27.5 Å². The average Bonchev–Trinajstić information content (AvgIpc) is 2.87. The van der Waals surface area contributed by atoms with Gasteiger partial charge >= 0.3 is 13.2 Å². The molecule has 0 unspecified atom stereocenters. The molecule has 0 amide bonds. The first-order valence-electron chi connectivity index (χ1n) is 7.45. The normalized spacial score (nSPS) is 15.0. The van der Waals surface area contributed by atoms with Crippen LogP contribution in [0.3, 0.4) is 0 Å². The van der Waals surface area contributed by atoms with E-state index < -0.39 is 19.0 Å². The molecule has 0 bridgehead atoms. The fourth-order valence-corrected chi connectivity index (χ4v) is 2.73. The number of carbonyl (C=O) groups excluding carboxylic acids is 1. The number of Topliss-reactive ketones (excluding diaryl/α,β-unsaturated/α-hetero) is 1. The Kier molecular flexibility index (Phi) is 4.83. The van der Waals surface area contributed by atoms with E-state index in [-0.39, 0.29) is 34.8 Å². The highest BCUT2D eigenvalue weighted by Crippen LogP contribution is 2.35. The molecule has 0 aliphatic heterocycles. The van der Waals surface area contributed by atoms with Gasteiger partial charge in [-0.25, -0.2) is 0 Å². The van der Waals surface area contributed by atoms with E-state index in [4.69, 9.17) is 0 Å². The van der Waals surface area contributed by atoms with Crippen LogP contribution in [0.25, 0.3) is 6.08 Å². The molecule has 1 N–H and O–H groups in total. The molecular weight excluding hydrogens is 356 g/mol. The fourth-order valence-electron chi connectivity index (χ4n) is 2.73. The summed E-state index contributed by atoms with van der Waals surface area (Å²) in [4.78, 5) is 12.4. The van der Waals surface area contributed by atoms with Gasteiger partial charge < -0.3 is 14.6 Å². The molecule has 0 spiro atoms. The number of ether oxygens (including phenoxy) is 2. The lowest BCUT2D eigenvalue weighted by molar-refractivity contribution is -0.0543. The van der Waals surface area contributed by atoms with Crippen LogP contribution in [0.1, 0.15) is 21.5 Å². The van der Waals surface area contributed by atoms with Crippen LogP contribution in [0.2, 0.25) is 0 Å². The van der Waals surface area contributed by atoms with Gasteiger partial charge in [0.1, 0.15) is 17.2 Å². The molecule has 0 saturated heterocycles. The number of phenolic OH excluding ortho intramolecular Hbond substituents is 1. The molecule has 1 aliphatic rings. The van der Waals surface area contributed by atoms with Gasteiger partial charge in [0.05, 0.1) is 0 Å². The summed E-state index contributed by atoms with van der Waals surface area (Å²) in [5.74, 6) is -1.15. The number of halogens is 4. The molecule has 0 aromatic heterocycles. The summed E-state index contributed by atoms with van der Waals surface area (Å²) in [6.07, 6.45) is 1.44. The SMILES string of the molecule is O=C1/C(=C\c2ccc(OC(F)F)cc2OC(F)F)Cc2c(O)cccc21. The lowest BCUT2D eigenvalue weighted by Crippen LogP contribution is -2.06. The van der Waals surface area contributed by atoms with Crippen molar-refractivity contribution in [1.82, 2.24) is 0 Å². The minimum Gasteiger partial charge on any atom is -0.508 e. The first-order chi connectivity index (χ1) is 12.3. The minimum atomic E-state index is -3.19. The van der Waals surface area contributed by atoms with E-state index in [1.54, 1.807) is 6.07 Å². The molecule has 0 atom stereocenters. The van der Waals surface area contributed by atoms with Crippen molar-refractivity contribution in [2.75, 3.05) is 0 Å². The van der Waals surface area contributed by atoms with Gasteiger partial charge in [-0.3, -0.25) is 4.79 Å². The van der Waals surface area contributed by atoms with E-state index >= 15 is 0 Å². The van der Waals surface area contributed by atoms with Crippen LogP contribution in [-0.4, -0.2) is 24.1 Å². The molecule has 0 radical (unpaired) electrons. The second-order valence-electron chi connectivity index (χ2n) is 5.44. The van der Waals surface area contributed by atoms with Crippen LogP contribution >= 0.6 is 0 Å². The summed E-state index contributed by atoms with van der Waals surface area (Å²) in [5.41, 5.74) is 1.12. The number of hydrogen-bond donors (Lipinski definition) is 1. The van der Waals surface area contributed by atoms with Crippen molar-refractivity contribution in [1.29, 1.82) is 0 Å². The maximum absolute atomic E-state index is 12.6. The van der Waals surface area contributed by atoms with Crippen molar-refractivity contribution in [2.45, 2.75) is 19.6 Å². The van der Waals surface area contributed by atoms with Crippen LogP contribution < -0.4 is 9.47 Å². The predicted octanol–water partition coefficient (Wildman–Crippen LogP) is 4.42. The van der Waals surface area contributed by atoms with Crippen molar-refractivity contribution in [3.8, 4) is 17.2 Å². The predicted molar refractivity (Wildman–Crippen MR) is 83.8 cm³/mol. The first-order valence-corrected chi connectivity index (χ1v) is 7.45. The van der Waals surface area contributed by atoms with E-state index in [1.165, 1.54) is 24.3 Å². The third kappa shape index (κ3) is 3.63. The summed E-state index contributed by atoms with van der Waals surface area (Å²) < 4.78 is 58.3. The third-order valence-corrected chi connectivity index (χ3v) is 3.81. The molecule has 2 aromatic carbocycles. The third-order valence-electron chi connectivity index (χ3n) is 3.81. The maximum atomic E-state index is 12.6. The van der Waals surface area contributed by atoms with E-state index in [0.29, 0.717) is 11.1 Å². The summed E-state index contributed by atoms with van der Waals surface area (Å²) in [7, 11) is 0. The van der Waals surface area contributed by atoms with Crippen molar-refractivity contribution in [3.63, 3.8) is 0 Å². The Hall–Kier alpha value is -3.03. The van der Waals surface area contributed by atoms with Crippen molar-refractivity contribution in [3.05, 3.63) is 58.7 Å². The number of rotatable bonds is 5. The topological polar surface area (TPSA) is 55.8 Å². The smallest absolute Gasteiger partial charge is 0.387 e. The number of phenols is 1. The number of carbonyl (C=O) groups is 1. The number of hydrogen-bond acceptors (Lipinski definition) is 4. The zero-order valence-corrected chi connectivity index (χ0v) is 13.1. The zero-order chi connectivity index (χ0) is 18.8. The van der Waals surface area contributed by atoms with Gasteiger partial charge in [0.25, 0.3) is 0 Å². The molecule has 1 aliphatic carbocycles. The highest BCUT2D eigenvalue weighted by molar-refractivity contribution is 6.16. The Morgan fingerprint density at radius 2 is 1.77 bits per heavy atom. The molecular formula is C18H12F4O4. The van der Waals surface area contributed by atoms with Gasteiger partial charge in [-0.15, -0.1) is 0 Å². The van der Waals surface area contributed by atoms with Crippen LogP contribution in [-0.2, 0) is 6.42 Å². The summed E-state index contributed by atoms with van der Waals surface area (Å²) in [6.45, 7) is -6.30. The molecule has 0 saturated carbocycles. The second kappa shape index (κ2) is 7.07. The van der Waals surface area contributed by atoms with Crippen LogP contribution in [0.15, 0.2) is 42.0 Å². The van der Waals surface area contributed by atoms with E-state index in [2.05, 4.69) is 9.47 Å². The van der Waals surface area contributed by atoms with Gasteiger partial charge in [0.15, 0.2) is 5.78 Å². The lowest BCUT2D eigenvalue weighted by atomic mass is 10.1. The number of aromatic hydroxyl groups is 1. The van der Waals surface area contributed by atoms with Crippen molar-refractivity contribution < 1.29 is 36.9 Å². The Morgan fingerprint density at radius 1 is 1.04 bits per heavy atom. The van der Waals surface area contributed by atoms with Gasteiger partial charge in [0, 0.05) is 34.8 Å². The van der Waals surface area contributed by atoms with Gasteiger partial charge in [-0.1, -0.05) is 12.1 Å². The molecule has 3 rings (SSSR count). The highest BCUT2D eigenvalue weighted by Gasteiger charge is 2.27. The summed E-state index contributed by atoms with van der Waals surface area (Å²) >= 11 is 0. The van der Waals surface area contributed by atoms with Gasteiger partial charge in [-0.05, 0) is 24.3 Å². The lowest BCUT2D eigenvalue weighted by Gasteiger charge is -2.11. The second-order valence-corrected chi connectivity index (χ2v) is 5.44. The van der Waals surface area contributed by atoms with Gasteiger partial charge in [-0.2, -0.15) is 17.6 Å².